The smallest absolute Gasteiger partial charge is 0.415 e. The third-order valence-electron chi connectivity index (χ3n) is 7.30. The first-order valence-corrected chi connectivity index (χ1v) is 14.8. The second-order valence-corrected chi connectivity index (χ2v) is 12.3. The van der Waals surface area contributed by atoms with Crippen molar-refractivity contribution in [2.45, 2.75) is 44.8 Å². The Morgan fingerprint density at radius 3 is 2.67 bits per heavy atom. The lowest BCUT2D eigenvalue weighted by Gasteiger charge is -2.28. The molecule has 2 aliphatic heterocycles. The lowest BCUT2D eigenvalue weighted by Crippen LogP contribution is -2.53. The Bertz CT molecular complexity index is 1640. The fourth-order valence-electron chi connectivity index (χ4n) is 5.46. The molecule has 2 amide bonds. The predicted molar refractivity (Wildman–Crippen MR) is 148 cm³/mol. The molecule has 2 saturated heterocycles. The van der Waals surface area contributed by atoms with Crippen LogP contribution in [0.2, 0.25) is 0 Å². The highest BCUT2D eigenvalue weighted by Gasteiger charge is 2.55. The molecule has 0 spiro atoms. The standard InChI is InChI=1S/C28H30N4O9S/c1-16(2)12-19(30-28(36)41-23-13-17-6-4-8-22(39-3)25(17)40-23)26(34)31-11-9-20-24(31)21(33)15-32(20)42(37,38)27(35)18-7-5-10-29-14-18/h4-8,10,13-14,16,19-20,24H,9,11-12,15H2,1-3H3,(H,30,36). The molecule has 2 aliphatic rings. The van der Waals surface area contributed by atoms with Crippen molar-refractivity contribution in [2.24, 2.45) is 5.92 Å². The minimum Gasteiger partial charge on any atom is -0.493 e. The number of amides is 2. The van der Waals surface area contributed by atoms with Crippen molar-refractivity contribution in [1.29, 1.82) is 0 Å². The Balaban J connectivity index is 1.31. The van der Waals surface area contributed by atoms with Gasteiger partial charge < -0.3 is 24.1 Å². The average molecular weight is 599 g/mol. The first-order chi connectivity index (χ1) is 20.0. The SMILES string of the molecule is COc1cccc2cc(OC(=O)NC(CC(C)C)C(=O)N3CCC4C3C(=O)CN4S(=O)(=O)C(=O)c3cccnc3)oc12. The molecule has 0 saturated carbocycles. The molecule has 1 aromatic carbocycles. The number of hydrogen-bond donors (Lipinski definition) is 1. The highest BCUT2D eigenvalue weighted by molar-refractivity contribution is 8.04. The lowest BCUT2D eigenvalue weighted by atomic mass is 10.0. The number of aromatic nitrogens is 1. The van der Waals surface area contributed by atoms with Gasteiger partial charge in [0, 0.05) is 30.4 Å². The van der Waals surface area contributed by atoms with Gasteiger partial charge in [0.05, 0.1) is 25.3 Å². The number of furan rings is 1. The van der Waals surface area contributed by atoms with Crippen LogP contribution in [0.5, 0.6) is 11.7 Å². The van der Waals surface area contributed by atoms with Crippen LogP contribution in [0.4, 0.5) is 4.79 Å². The summed E-state index contributed by atoms with van der Waals surface area (Å²) in [6, 6.07) is 6.45. The zero-order valence-electron chi connectivity index (χ0n) is 23.2. The van der Waals surface area contributed by atoms with Crippen molar-refractivity contribution < 1.29 is 41.5 Å². The molecule has 14 heteroatoms. The van der Waals surface area contributed by atoms with E-state index >= 15 is 0 Å². The molecule has 0 aliphatic carbocycles. The van der Waals surface area contributed by atoms with Crippen molar-refractivity contribution in [1.82, 2.24) is 19.5 Å². The van der Waals surface area contributed by atoms with Crippen LogP contribution in [-0.2, 0) is 19.6 Å². The third kappa shape index (κ3) is 5.46. The molecule has 3 unspecified atom stereocenters. The number of benzene rings is 1. The lowest BCUT2D eigenvalue weighted by molar-refractivity contribution is -0.138. The largest absolute Gasteiger partial charge is 0.493 e. The molecule has 4 heterocycles. The van der Waals surface area contributed by atoms with E-state index in [1.165, 1.54) is 36.4 Å². The summed E-state index contributed by atoms with van der Waals surface area (Å²) >= 11 is 0. The number of pyridine rings is 1. The van der Waals surface area contributed by atoms with E-state index in [2.05, 4.69) is 10.3 Å². The van der Waals surface area contributed by atoms with E-state index in [-0.39, 0.29) is 36.8 Å². The number of rotatable bonds is 8. The highest BCUT2D eigenvalue weighted by atomic mass is 32.2. The zero-order chi connectivity index (χ0) is 30.2. The summed E-state index contributed by atoms with van der Waals surface area (Å²) in [5.41, 5.74) is 0.268. The van der Waals surface area contributed by atoms with Crippen LogP contribution in [0.25, 0.3) is 11.0 Å². The third-order valence-corrected chi connectivity index (χ3v) is 9.02. The Kier molecular flexibility index (Phi) is 8.01. The number of para-hydroxylation sites is 1. The fourth-order valence-corrected chi connectivity index (χ4v) is 6.97. The number of sulfonamides is 1. The molecule has 42 heavy (non-hydrogen) atoms. The number of fused-ring (bicyclic) bond motifs is 2. The maximum absolute atomic E-state index is 13.7. The van der Waals surface area contributed by atoms with Gasteiger partial charge >= 0.3 is 6.09 Å². The summed E-state index contributed by atoms with van der Waals surface area (Å²) in [7, 11) is -3.07. The molecular weight excluding hydrogens is 568 g/mol. The van der Waals surface area contributed by atoms with Crippen LogP contribution < -0.4 is 14.8 Å². The maximum atomic E-state index is 13.7. The molecule has 2 aromatic heterocycles. The van der Waals surface area contributed by atoms with Gasteiger partial charge in [-0.25, -0.2) is 13.2 Å². The molecule has 2 fully saturated rings. The Morgan fingerprint density at radius 1 is 1.19 bits per heavy atom. The van der Waals surface area contributed by atoms with E-state index in [1.807, 2.05) is 13.8 Å². The van der Waals surface area contributed by atoms with Crippen LogP contribution in [0, 0.1) is 5.92 Å². The molecule has 222 valence electrons. The minimum atomic E-state index is -4.55. The number of Topliss-reactive ketones (excluding diaryl/α,β-unsaturated/α-hetero) is 1. The van der Waals surface area contributed by atoms with Gasteiger partial charge in [-0.15, -0.1) is 0 Å². The van der Waals surface area contributed by atoms with Crippen LogP contribution in [-0.4, -0.2) is 83.8 Å². The van der Waals surface area contributed by atoms with E-state index in [1.54, 1.807) is 18.2 Å². The monoisotopic (exact) mass is 598 g/mol. The summed E-state index contributed by atoms with van der Waals surface area (Å²) in [6.07, 6.45) is 1.99. The van der Waals surface area contributed by atoms with Gasteiger partial charge in [0.25, 0.3) is 21.1 Å². The van der Waals surface area contributed by atoms with Crippen molar-refractivity contribution in [3.63, 3.8) is 0 Å². The van der Waals surface area contributed by atoms with Crippen molar-refractivity contribution in [3.8, 4) is 11.7 Å². The fraction of sp³-hybridized carbons (Fsp3) is 0.393. The van der Waals surface area contributed by atoms with Crippen LogP contribution in [0.15, 0.2) is 53.2 Å². The Labute approximate surface area is 241 Å². The van der Waals surface area contributed by atoms with Crippen molar-refractivity contribution >= 4 is 43.9 Å². The number of ether oxygens (including phenoxy) is 2. The first-order valence-electron chi connectivity index (χ1n) is 13.4. The van der Waals surface area contributed by atoms with Crippen LogP contribution in [0.1, 0.15) is 37.0 Å². The van der Waals surface area contributed by atoms with Crippen molar-refractivity contribution in [2.75, 3.05) is 20.2 Å². The van der Waals surface area contributed by atoms with Crippen molar-refractivity contribution in [3.05, 3.63) is 54.4 Å². The summed E-state index contributed by atoms with van der Waals surface area (Å²) in [6.45, 7) is 3.27. The average Bonchev–Trinajstić information content (AvgIpc) is 3.66. The van der Waals surface area contributed by atoms with E-state index in [4.69, 9.17) is 13.9 Å². The van der Waals surface area contributed by atoms with Gasteiger partial charge in [0.2, 0.25) is 5.91 Å². The summed E-state index contributed by atoms with van der Waals surface area (Å²) in [5, 5.41) is 2.06. The quantitative estimate of drug-likeness (QED) is 0.407. The van der Waals surface area contributed by atoms with Gasteiger partial charge in [-0.2, -0.15) is 4.31 Å². The molecular formula is C28H30N4O9S. The molecule has 0 bridgehead atoms. The second kappa shape index (κ2) is 11.5. The number of nitrogens with zero attached hydrogens (tertiary/aromatic N) is 3. The summed E-state index contributed by atoms with van der Waals surface area (Å²) in [4.78, 5) is 57.5. The van der Waals surface area contributed by atoms with Gasteiger partial charge in [0.15, 0.2) is 17.1 Å². The number of carbonyl (C=O) groups is 4. The van der Waals surface area contributed by atoms with E-state index < -0.39 is 57.6 Å². The second-order valence-electron chi connectivity index (χ2n) is 10.5. The molecule has 0 radical (unpaired) electrons. The van der Waals surface area contributed by atoms with Gasteiger partial charge in [-0.3, -0.25) is 19.4 Å². The van der Waals surface area contributed by atoms with Crippen LogP contribution >= 0.6 is 0 Å². The summed E-state index contributed by atoms with van der Waals surface area (Å²) < 4.78 is 43.5. The van der Waals surface area contributed by atoms with E-state index in [0.29, 0.717) is 16.7 Å². The first kappa shape index (κ1) is 29.2. The van der Waals surface area contributed by atoms with E-state index in [0.717, 1.165) is 10.5 Å². The molecule has 3 aromatic rings. The zero-order valence-corrected chi connectivity index (χ0v) is 24.0. The molecule has 1 N–H and O–H groups in total. The minimum absolute atomic E-state index is 0.0265. The number of ketones is 1. The molecule has 5 rings (SSSR count). The number of carbonyl (C=O) groups excluding carboxylic acids is 4. The highest BCUT2D eigenvalue weighted by Crippen LogP contribution is 2.34. The van der Waals surface area contributed by atoms with Crippen LogP contribution in [0.3, 0.4) is 0 Å². The molecule has 3 atom stereocenters. The van der Waals surface area contributed by atoms with Gasteiger partial charge in [-0.05, 0) is 37.0 Å². The predicted octanol–water partition coefficient (Wildman–Crippen LogP) is 2.36. The number of likely N-dealkylation sites (tertiary alicyclic amines) is 1. The van der Waals surface area contributed by atoms with Gasteiger partial charge in [-0.1, -0.05) is 26.0 Å². The number of hydrogen-bond acceptors (Lipinski definition) is 10. The normalized spacial score (nSPS) is 19.6. The summed E-state index contributed by atoms with van der Waals surface area (Å²) in [5.74, 6) is -0.727. The Hall–Kier alpha value is -4.30. The maximum Gasteiger partial charge on any atom is 0.415 e. The van der Waals surface area contributed by atoms with E-state index in [9.17, 15) is 27.6 Å². The Morgan fingerprint density at radius 2 is 1.98 bits per heavy atom. The molecule has 13 nitrogen and oxygen atoms in total. The van der Waals surface area contributed by atoms with Gasteiger partial charge in [0.1, 0.15) is 12.1 Å². The number of methoxy groups -OCH3 is 1. The topological polar surface area (TPSA) is 165 Å². The number of nitrogens with one attached hydrogen (secondary N) is 1.